The zero-order valence-corrected chi connectivity index (χ0v) is 14.6. The lowest BCUT2D eigenvalue weighted by molar-refractivity contribution is -0.180. The number of likely N-dealkylation sites (N-methyl/N-ethyl adjacent to an activating group) is 1. The summed E-state index contributed by atoms with van der Waals surface area (Å²) in [6.07, 6.45) is 3.11. The van der Waals surface area contributed by atoms with Gasteiger partial charge in [-0.2, -0.15) is 0 Å². The van der Waals surface area contributed by atoms with Gasteiger partial charge >= 0.3 is 5.97 Å². The average Bonchev–Trinajstić information content (AvgIpc) is 2.52. The highest BCUT2D eigenvalue weighted by atomic mass is 16.5. The number of ether oxygens (including phenoxy) is 1. The van der Waals surface area contributed by atoms with E-state index in [2.05, 4.69) is 50.1 Å². The van der Waals surface area contributed by atoms with Gasteiger partial charge in [0.25, 0.3) is 0 Å². The molecule has 3 heteroatoms. The number of benzene rings is 1. The third-order valence-corrected chi connectivity index (χ3v) is 7.35. The molecule has 4 aliphatic rings. The second-order valence-corrected chi connectivity index (χ2v) is 8.13. The predicted molar refractivity (Wildman–Crippen MR) is 90.3 cm³/mol. The number of piperidine rings is 2. The van der Waals surface area contributed by atoms with Gasteiger partial charge in [-0.05, 0) is 49.8 Å². The monoisotopic (exact) mass is 313 g/mol. The van der Waals surface area contributed by atoms with E-state index in [1.165, 1.54) is 11.1 Å². The van der Waals surface area contributed by atoms with Crippen molar-refractivity contribution in [3.8, 4) is 0 Å². The molecular weight excluding hydrogens is 286 g/mol. The summed E-state index contributed by atoms with van der Waals surface area (Å²) in [7, 11) is 2.21. The maximum atomic E-state index is 12.5. The summed E-state index contributed by atoms with van der Waals surface area (Å²) in [4.78, 5) is 15.0. The van der Waals surface area contributed by atoms with E-state index in [1.807, 2.05) is 6.92 Å². The fourth-order valence-corrected chi connectivity index (χ4v) is 5.95. The smallest absolute Gasteiger partial charge is 0.310 e. The number of hydrogen-bond donors (Lipinski definition) is 0. The second-order valence-electron chi connectivity index (χ2n) is 8.13. The molecule has 2 saturated heterocycles. The normalized spacial score (nSPS) is 41.5. The first-order valence-corrected chi connectivity index (χ1v) is 8.89. The van der Waals surface area contributed by atoms with Crippen LogP contribution < -0.4 is 0 Å². The summed E-state index contributed by atoms with van der Waals surface area (Å²) in [5, 5.41) is 0. The van der Waals surface area contributed by atoms with Gasteiger partial charge in [0.2, 0.25) is 0 Å². The van der Waals surface area contributed by atoms with Crippen LogP contribution in [0, 0.1) is 11.3 Å². The third kappa shape index (κ3) is 1.77. The Kier molecular flexibility index (Phi) is 3.19. The molecule has 5 unspecified atom stereocenters. The molecule has 0 spiro atoms. The van der Waals surface area contributed by atoms with Crippen LogP contribution in [0.1, 0.15) is 44.7 Å². The number of nitrogens with zero attached hydrogens (tertiary/aromatic N) is 1. The van der Waals surface area contributed by atoms with Crippen molar-refractivity contribution in [2.75, 3.05) is 13.7 Å². The number of carbonyl (C=O) groups is 1. The van der Waals surface area contributed by atoms with Crippen LogP contribution in [-0.2, 0) is 21.4 Å². The lowest BCUT2D eigenvalue weighted by atomic mass is 9.42. The third-order valence-electron chi connectivity index (χ3n) is 7.35. The Morgan fingerprint density at radius 2 is 2.04 bits per heavy atom. The fourth-order valence-electron chi connectivity index (χ4n) is 5.95. The molecule has 5 atom stereocenters. The Labute approximate surface area is 139 Å². The zero-order chi connectivity index (χ0) is 16.4. The number of carbonyl (C=O) groups excluding carboxylic acids is 1. The van der Waals surface area contributed by atoms with Crippen molar-refractivity contribution in [2.24, 2.45) is 11.3 Å². The van der Waals surface area contributed by atoms with Crippen molar-refractivity contribution in [3.05, 3.63) is 35.4 Å². The molecule has 4 bridgehead atoms. The molecule has 124 valence electrons. The SMILES string of the molecule is CCOC(=O)C1CC2(C)C3Cc4ccccc4C2(C)CC1N3C. The van der Waals surface area contributed by atoms with Gasteiger partial charge in [0, 0.05) is 17.5 Å². The molecule has 1 saturated carbocycles. The van der Waals surface area contributed by atoms with Gasteiger partial charge in [0.1, 0.15) is 0 Å². The standard InChI is InChI=1S/C20H27NO2/c1-5-23-18(22)14-11-20(3)17-10-13-8-6-7-9-15(13)19(20,2)12-16(14)21(17)4/h6-9,14,16-17H,5,10-12H2,1-4H3. The number of esters is 1. The molecule has 0 N–H and O–H groups in total. The molecule has 2 aliphatic heterocycles. The van der Waals surface area contributed by atoms with Crippen molar-refractivity contribution >= 4 is 5.97 Å². The molecule has 5 rings (SSSR count). The Balaban J connectivity index is 1.80. The van der Waals surface area contributed by atoms with Crippen LogP contribution in [0.5, 0.6) is 0 Å². The van der Waals surface area contributed by atoms with E-state index in [0.29, 0.717) is 18.7 Å². The minimum atomic E-state index is 0.00457. The van der Waals surface area contributed by atoms with Crippen LogP contribution >= 0.6 is 0 Å². The molecule has 0 aromatic heterocycles. The van der Waals surface area contributed by atoms with Crippen LogP contribution in [-0.4, -0.2) is 36.6 Å². The minimum Gasteiger partial charge on any atom is -0.466 e. The topological polar surface area (TPSA) is 29.5 Å². The van der Waals surface area contributed by atoms with Crippen LogP contribution in [0.15, 0.2) is 24.3 Å². The van der Waals surface area contributed by atoms with Gasteiger partial charge < -0.3 is 4.74 Å². The molecule has 1 aromatic carbocycles. The first-order chi connectivity index (χ1) is 10.9. The molecule has 23 heavy (non-hydrogen) atoms. The van der Waals surface area contributed by atoms with E-state index in [1.54, 1.807) is 0 Å². The Morgan fingerprint density at radius 1 is 1.30 bits per heavy atom. The van der Waals surface area contributed by atoms with Crippen LogP contribution in [0.4, 0.5) is 0 Å². The van der Waals surface area contributed by atoms with Gasteiger partial charge in [-0.3, -0.25) is 9.69 Å². The van der Waals surface area contributed by atoms with Crippen LogP contribution in [0.3, 0.4) is 0 Å². The molecule has 2 heterocycles. The highest BCUT2D eigenvalue weighted by Crippen LogP contribution is 2.64. The maximum Gasteiger partial charge on any atom is 0.310 e. The molecular formula is C20H27NO2. The van der Waals surface area contributed by atoms with E-state index in [9.17, 15) is 4.79 Å². The van der Waals surface area contributed by atoms with E-state index in [-0.39, 0.29) is 22.7 Å². The molecule has 1 aromatic rings. The van der Waals surface area contributed by atoms with Crippen molar-refractivity contribution in [3.63, 3.8) is 0 Å². The van der Waals surface area contributed by atoms with Crippen molar-refractivity contribution < 1.29 is 9.53 Å². The van der Waals surface area contributed by atoms with Gasteiger partial charge in [-0.25, -0.2) is 0 Å². The van der Waals surface area contributed by atoms with Crippen molar-refractivity contribution in [1.82, 2.24) is 4.90 Å². The van der Waals surface area contributed by atoms with Gasteiger partial charge in [0.05, 0.1) is 12.5 Å². The Bertz CT molecular complexity index is 657. The van der Waals surface area contributed by atoms with Crippen molar-refractivity contribution in [2.45, 2.75) is 57.5 Å². The summed E-state index contributed by atoms with van der Waals surface area (Å²) in [5.41, 5.74) is 3.30. The molecule has 0 amide bonds. The minimum absolute atomic E-state index is 0.00457. The van der Waals surface area contributed by atoms with Gasteiger partial charge in [-0.15, -0.1) is 0 Å². The highest BCUT2D eigenvalue weighted by Gasteiger charge is 2.66. The number of rotatable bonds is 2. The van der Waals surface area contributed by atoms with E-state index >= 15 is 0 Å². The largest absolute Gasteiger partial charge is 0.466 e. The van der Waals surface area contributed by atoms with Gasteiger partial charge in [0.15, 0.2) is 0 Å². The first-order valence-electron chi connectivity index (χ1n) is 8.89. The van der Waals surface area contributed by atoms with Gasteiger partial charge in [-0.1, -0.05) is 38.1 Å². The fraction of sp³-hybridized carbons (Fsp3) is 0.650. The molecule has 0 radical (unpaired) electrons. The maximum absolute atomic E-state index is 12.5. The summed E-state index contributed by atoms with van der Waals surface area (Å²) < 4.78 is 5.39. The van der Waals surface area contributed by atoms with E-state index < -0.39 is 0 Å². The number of hydrogen-bond acceptors (Lipinski definition) is 3. The predicted octanol–water partition coefficient (Wildman–Crippen LogP) is 3.16. The number of fused-ring (bicyclic) bond motifs is 2. The molecule has 3 fully saturated rings. The van der Waals surface area contributed by atoms with Crippen molar-refractivity contribution in [1.29, 1.82) is 0 Å². The molecule has 2 aliphatic carbocycles. The second kappa shape index (κ2) is 4.83. The lowest BCUT2D eigenvalue weighted by Crippen LogP contribution is -2.73. The lowest BCUT2D eigenvalue weighted by Gasteiger charge is -2.69. The zero-order valence-electron chi connectivity index (χ0n) is 14.6. The first kappa shape index (κ1) is 15.2. The molecule has 3 nitrogen and oxygen atoms in total. The van der Waals surface area contributed by atoms with Crippen LogP contribution in [0.2, 0.25) is 0 Å². The van der Waals surface area contributed by atoms with E-state index in [0.717, 1.165) is 19.3 Å². The van der Waals surface area contributed by atoms with Crippen LogP contribution in [0.25, 0.3) is 0 Å². The average molecular weight is 313 g/mol. The Hall–Kier alpha value is -1.35. The highest BCUT2D eigenvalue weighted by molar-refractivity contribution is 5.74. The van der Waals surface area contributed by atoms with E-state index in [4.69, 9.17) is 4.74 Å². The summed E-state index contributed by atoms with van der Waals surface area (Å²) in [6, 6.07) is 9.76. The summed E-state index contributed by atoms with van der Waals surface area (Å²) >= 11 is 0. The summed E-state index contributed by atoms with van der Waals surface area (Å²) in [6.45, 7) is 7.22. The Morgan fingerprint density at radius 3 is 2.78 bits per heavy atom. The quantitative estimate of drug-likeness (QED) is 0.786. The summed E-state index contributed by atoms with van der Waals surface area (Å²) in [5.74, 6) is 0.0319.